The van der Waals surface area contributed by atoms with Gasteiger partial charge in [0, 0.05) is 0 Å². The molecule has 2 nitrogen and oxygen atoms in total. The molecule has 4 aliphatic carbocycles. The quantitative estimate of drug-likeness (QED) is 0.631. The van der Waals surface area contributed by atoms with Crippen LogP contribution < -0.4 is 0 Å². The average molecular weight is 361 g/mol. The van der Waals surface area contributed by atoms with Crippen molar-refractivity contribution in [2.75, 3.05) is 0 Å². The van der Waals surface area contributed by atoms with Crippen LogP contribution in [-0.4, -0.2) is 32.7 Å². The molecule has 4 rings (SSSR count). The lowest BCUT2D eigenvalue weighted by Gasteiger charge is -2.65. The highest BCUT2D eigenvalue weighted by Crippen LogP contribution is 2.69. The fourth-order valence-corrected chi connectivity index (χ4v) is 8.18. The maximum absolute atomic E-state index is 10.5. The van der Waals surface area contributed by atoms with Gasteiger partial charge in [-0.2, -0.15) is 0 Å². The Balaban J connectivity index is 1.71. The number of rotatable bonds is 0. The highest BCUT2D eigenvalue weighted by Gasteiger charge is 2.67. The van der Waals surface area contributed by atoms with Gasteiger partial charge in [-0.1, -0.05) is 13.8 Å². The molecule has 0 aliphatic heterocycles. The Morgan fingerprint density at radius 3 is 2.43 bits per heavy atom. The second-order valence-electron chi connectivity index (χ2n) is 9.39. The van der Waals surface area contributed by atoms with Crippen molar-refractivity contribution in [3.05, 3.63) is 0 Å². The minimum atomic E-state index is -0.474. The number of aliphatic hydroxyl groups is 2. The molecule has 0 aromatic rings. The lowest BCUT2D eigenvalue weighted by molar-refractivity contribution is -0.122. The largest absolute Gasteiger partial charge is 0.393 e. The zero-order chi connectivity index (χ0) is 16.6. The molecule has 0 radical (unpaired) electrons. The summed E-state index contributed by atoms with van der Waals surface area (Å²) in [5.74, 6) is 1.76. The molecule has 2 N–H and O–H groups in total. The van der Waals surface area contributed by atoms with Gasteiger partial charge in [0.2, 0.25) is 0 Å². The molecule has 0 aromatic carbocycles. The van der Waals surface area contributed by atoms with Crippen LogP contribution in [0.25, 0.3) is 0 Å². The molecule has 9 unspecified atom stereocenters. The highest BCUT2D eigenvalue weighted by molar-refractivity contribution is 6.33. The SMILES string of the molecule is CC12CCC3C(CC(Cl)C4(Cl)CC(O)CCC34C)C1CCC2O. The van der Waals surface area contributed by atoms with Crippen LogP contribution >= 0.6 is 23.2 Å². The van der Waals surface area contributed by atoms with Crippen LogP contribution in [0.15, 0.2) is 0 Å². The van der Waals surface area contributed by atoms with Crippen molar-refractivity contribution >= 4 is 23.2 Å². The molecule has 0 saturated heterocycles. The van der Waals surface area contributed by atoms with E-state index in [9.17, 15) is 10.2 Å². The zero-order valence-corrected chi connectivity index (χ0v) is 15.8. The van der Waals surface area contributed by atoms with E-state index in [1.165, 1.54) is 0 Å². The molecule has 4 heteroatoms. The fourth-order valence-electron chi connectivity index (χ4n) is 7.14. The normalized spacial score (nSPS) is 62.3. The van der Waals surface area contributed by atoms with Crippen molar-refractivity contribution in [3.63, 3.8) is 0 Å². The number of aliphatic hydroxyl groups excluding tert-OH is 2. The van der Waals surface area contributed by atoms with Gasteiger partial charge in [0.25, 0.3) is 0 Å². The first-order valence-electron chi connectivity index (χ1n) is 9.41. The second-order valence-corrected chi connectivity index (χ2v) is 10.6. The van der Waals surface area contributed by atoms with E-state index in [4.69, 9.17) is 23.2 Å². The first-order valence-corrected chi connectivity index (χ1v) is 10.2. The molecule has 0 aromatic heterocycles. The zero-order valence-electron chi connectivity index (χ0n) is 14.3. The van der Waals surface area contributed by atoms with Crippen molar-refractivity contribution in [2.45, 2.75) is 87.7 Å². The molecule has 4 aliphatic rings. The van der Waals surface area contributed by atoms with E-state index >= 15 is 0 Å². The molecule has 0 amide bonds. The maximum atomic E-state index is 10.5. The predicted molar refractivity (Wildman–Crippen MR) is 93.9 cm³/mol. The van der Waals surface area contributed by atoms with Crippen LogP contribution in [0.1, 0.15) is 65.2 Å². The molecule has 9 atom stereocenters. The number of fused-ring (bicyclic) bond motifs is 5. The summed E-state index contributed by atoms with van der Waals surface area (Å²) in [6.07, 6.45) is 7.30. The Bertz CT molecular complexity index is 500. The average Bonchev–Trinajstić information content (AvgIpc) is 2.79. The lowest BCUT2D eigenvalue weighted by Crippen LogP contribution is -2.65. The van der Waals surface area contributed by atoms with Gasteiger partial charge in [0.1, 0.15) is 0 Å². The summed E-state index contributed by atoms with van der Waals surface area (Å²) in [7, 11) is 0. The van der Waals surface area contributed by atoms with E-state index < -0.39 is 4.87 Å². The number of alkyl halides is 2. The van der Waals surface area contributed by atoms with Gasteiger partial charge in [-0.05, 0) is 80.0 Å². The summed E-state index contributed by atoms with van der Waals surface area (Å²) in [5.41, 5.74) is 0.0899. The van der Waals surface area contributed by atoms with Crippen LogP contribution in [0.5, 0.6) is 0 Å². The monoisotopic (exact) mass is 360 g/mol. The van der Waals surface area contributed by atoms with E-state index in [1.807, 2.05) is 0 Å². The van der Waals surface area contributed by atoms with Gasteiger partial charge in [-0.25, -0.2) is 0 Å². The Morgan fingerprint density at radius 2 is 1.70 bits per heavy atom. The molecule has 4 fully saturated rings. The van der Waals surface area contributed by atoms with Crippen LogP contribution in [0.2, 0.25) is 0 Å². The third kappa shape index (κ3) is 2.08. The van der Waals surface area contributed by atoms with Crippen molar-refractivity contribution in [3.8, 4) is 0 Å². The van der Waals surface area contributed by atoms with E-state index in [-0.39, 0.29) is 28.4 Å². The van der Waals surface area contributed by atoms with Crippen LogP contribution in [0, 0.1) is 28.6 Å². The van der Waals surface area contributed by atoms with Gasteiger partial charge in [0.05, 0.1) is 22.5 Å². The lowest BCUT2D eigenvalue weighted by atomic mass is 9.44. The van der Waals surface area contributed by atoms with E-state index in [2.05, 4.69) is 13.8 Å². The van der Waals surface area contributed by atoms with Crippen molar-refractivity contribution in [2.24, 2.45) is 28.6 Å². The molecule has 4 saturated carbocycles. The Kier molecular flexibility index (Phi) is 3.87. The molecule has 0 heterocycles. The second kappa shape index (κ2) is 5.25. The van der Waals surface area contributed by atoms with E-state index in [0.717, 1.165) is 44.9 Å². The molecule has 23 heavy (non-hydrogen) atoms. The summed E-state index contributed by atoms with van der Waals surface area (Å²) in [5, 5.41) is 20.6. The third-order valence-electron chi connectivity index (χ3n) is 8.66. The molecule has 0 spiro atoms. The maximum Gasteiger partial charge on any atom is 0.0690 e. The topological polar surface area (TPSA) is 40.5 Å². The Hall–Kier alpha value is 0.500. The molecule has 132 valence electrons. The van der Waals surface area contributed by atoms with Gasteiger partial charge < -0.3 is 10.2 Å². The fraction of sp³-hybridized carbons (Fsp3) is 1.00. The number of hydrogen-bond acceptors (Lipinski definition) is 2. The summed E-state index contributed by atoms with van der Waals surface area (Å²) in [6, 6.07) is 0. The van der Waals surface area contributed by atoms with E-state index in [0.29, 0.717) is 24.2 Å². The standard InChI is InChI=1S/C19H30Cl2O2/c1-17-7-6-14-12(13(17)3-4-16(17)23)9-15(20)19(21)10-11(22)5-8-18(14,19)2/h11-16,22-23H,3-10H2,1-2H3. The van der Waals surface area contributed by atoms with Gasteiger partial charge in [-0.15, -0.1) is 23.2 Å². The van der Waals surface area contributed by atoms with E-state index in [1.54, 1.807) is 0 Å². The first-order chi connectivity index (χ1) is 10.7. The summed E-state index contributed by atoms with van der Waals surface area (Å²) >= 11 is 14.0. The molecule has 0 bridgehead atoms. The van der Waals surface area contributed by atoms with Crippen LogP contribution in [-0.2, 0) is 0 Å². The van der Waals surface area contributed by atoms with Crippen molar-refractivity contribution in [1.82, 2.24) is 0 Å². The summed E-state index contributed by atoms with van der Waals surface area (Å²) in [6.45, 7) is 4.64. The highest BCUT2D eigenvalue weighted by atomic mass is 35.5. The molecular formula is C19H30Cl2O2. The minimum absolute atomic E-state index is 0.0119. The number of hydrogen-bond donors (Lipinski definition) is 2. The summed E-state index contributed by atoms with van der Waals surface area (Å²) in [4.78, 5) is -0.474. The minimum Gasteiger partial charge on any atom is -0.393 e. The molecular weight excluding hydrogens is 331 g/mol. The van der Waals surface area contributed by atoms with Crippen molar-refractivity contribution in [1.29, 1.82) is 0 Å². The van der Waals surface area contributed by atoms with Crippen LogP contribution in [0.3, 0.4) is 0 Å². The van der Waals surface area contributed by atoms with Crippen molar-refractivity contribution < 1.29 is 10.2 Å². The van der Waals surface area contributed by atoms with Crippen LogP contribution in [0.4, 0.5) is 0 Å². The predicted octanol–water partition coefficient (Wildman–Crippen LogP) is 4.33. The summed E-state index contributed by atoms with van der Waals surface area (Å²) < 4.78 is 0. The van der Waals surface area contributed by atoms with Gasteiger partial charge in [-0.3, -0.25) is 0 Å². The van der Waals surface area contributed by atoms with Gasteiger partial charge in [0.15, 0.2) is 0 Å². The number of halogens is 2. The Labute approximate surface area is 149 Å². The van der Waals surface area contributed by atoms with Gasteiger partial charge >= 0.3 is 0 Å². The smallest absolute Gasteiger partial charge is 0.0690 e. The third-order valence-corrected chi connectivity index (χ3v) is 10.2. The first kappa shape index (κ1) is 16.9. The Morgan fingerprint density at radius 1 is 0.957 bits per heavy atom.